The molecule has 1 saturated carbocycles. The highest BCUT2D eigenvalue weighted by Crippen LogP contribution is 2.36. The van der Waals surface area contributed by atoms with Crippen LogP contribution in [-0.4, -0.2) is 17.1 Å². The van der Waals surface area contributed by atoms with Crippen molar-refractivity contribution in [2.45, 2.75) is 18.9 Å². The molecule has 5 heteroatoms. The Balaban J connectivity index is 2.15. The Labute approximate surface area is 107 Å². The Hall–Kier alpha value is -0.740. The smallest absolute Gasteiger partial charge is 0.326 e. The zero-order chi connectivity index (χ0) is 11.7. The molecule has 0 saturated heterocycles. The minimum absolute atomic E-state index is 0.250. The highest BCUT2D eigenvalue weighted by atomic mass is 79.9. The van der Waals surface area contributed by atoms with Crippen LogP contribution in [0.1, 0.15) is 12.8 Å². The van der Waals surface area contributed by atoms with Gasteiger partial charge in [0.25, 0.3) is 0 Å². The second-order valence-electron chi connectivity index (χ2n) is 3.92. The Bertz CT molecular complexity index is 420. The Morgan fingerprint density at radius 1 is 1.56 bits per heavy atom. The maximum absolute atomic E-state index is 11.1. The lowest BCUT2D eigenvalue weighted by Crippen LogP contribution is -2.31. The van der Waals surface area contributed by atoms with Gasteiger partial charge in [0.15, 0.2) is 0 Å². The normalized spacial score (nSPS) is 16.9. The number of benzene rings is 1. The summed E-state index contributed by atoms with van der Waals surface area (Å²) in [6.45, 7) is 0. The van der Waals surface area contributed by atoms with Gasteiger partial charge in [0.05, 0.1) is 0 Å². The number of anilines is 1. The van der Waals surface area contributed by atoms with E-state index in [4.69, 9.17) is 16.7 Å². The first-order valence-corrected chi connectivity index (χ1v) is 6.19. The number of hydrogen-bond donors (Lipinski definition) is 2. The van der Waals surface area contributed by atoms with Crippen LogP contribution >= 0.6 is 27.5 Å². The summed E-state index contributed by atoms with van der Waals surface area (Å²) in [5, 5.41) is 12.7. The van der Waals surface area contributed by atoms with Crippen LogP contribution in [-0.2, 0) is 4.79 Å². The summed E-state index contributed by atoms with van der Waals surface area (Å²) in [7, 11) is 0. The third-order valence-electron chi connectivity index (χ3n) is 2.60. The van der Waals surface area contributed by atoms with Crippen molar-refractivity contribution in [1.29, 1.82) is 0 Å². The summed E-state index contributed by atoms with van der Waals surface area (Å²) < 4.78 is 0.784. The molecule has 0 spiro atoms. The largest absolute Gasteiger partial charge is 0.480 e. The van der Waals surface area contributed by atoms with E-state index in [0.29, 0.717) is 5.02 Å². The molecule has 2 N–H and O–H groups in total. The van der Waals surface area contributed by atoms with Crippen molar-refractivity contribution in [2.75, 3.05) is 5.32 Å². The van der Waals surface area contributed by atoms with Gasteiger partial charge in [0, 0.05) is 15.2 Å². The molecule has 1 fully saturated rings. The zero-order valence-electron chi connectivity index (χ0n) is 8.41. The van der Waals surface area contributed by atoms with Crippen LogP contribution in [0.4, 0.5) is 5.69 Å². The van der Waals surface area contributed by atoms with E-state index >= 15 is 0 Å². The van der Waals surface area contributed by atoms with Crippen LogP contribution in [0.25, 0.3) is 0 Å². The predicted octanol–water partition coefficient (Wildman–Crippen LogP) is 3.38. The number of rotatable bonds is 4. The zero-order valence-corrected chi connectivity index (χ0v) is 10.8. The number of carboxylic acid groups (broad SMARTS) is 1. The lowest BCUT2D eigenvalue weighted by molar-refractivity contribution is -0.138. The number of carboxylic acids is 1. The van der Waals surface area contributed by atoms with Gasteiger partial charge in [-0.15, -0.1) is 0 Å². The fourth-order valence-electron chi connectivity index (χ4n) is 1.58. The minimum atomic E-state index is -0.802. The van der Waals surface area contributed by atoms with Gasteiger partial charge in [-0.2, -0.15) is 0 Å². The maximum atomic E-state index is 11.1. The lowest BCUT2D eigenvalue weighted by Gasteiger charge is -2.16. The number of carbonyl (C=O) groups is 1. The third kappa shape index (κ3) is 2.68. The summed E-state index contributed by atoms with van der Waals surface area (Å²) in [5.41, 5.74) is 0.767. The van der Waals surface area contributed by atoms with Crippen molar-refractivity contribution in [2.24, 2.45) is 5.92 Å². The highest BCUT2D eigenvalue weighted by Gasteiger charge is 2.36. The van der Waals surface area contributed by atoms with Gasteiger partial charge in [-0.3, -0.25) is 0 Å². The summed E-state index contributed by atoms with van der Waals surface area (Å²) in [4.78, 5) is 11.1. The molecule has 1 atom stereocenters. The summed E-state index contributed by atoms with van der Waals surface area (Å²) in [6.07, 6.45) is 1.96. The summed E-state index contributed by atoms with van der Waals surface area (Å²) in [5.74, 6) is -0.551. The molecular weight excluding hydrogens is 293 g/mol. The first-order valence-electron chi connectivity index (χ1n) is 5.02. The van der Waals surface area contributed by atoms with Crippen LogP contribution in [0.15, 0.2) is 22.7 Å². The first-order chi connectivity index (χ1) is 7.58. The molecule has 1 unspecified atom stereocenters. The SMILES string of the molecule is O=C(O)C(Nc1ccc(Cl)cc1Br)C1CC1. The van der Waals surface area contributed by atoms with Crippen molar-refractivity contribution in [3.63, 3.8) is 0 Å². The van der Waals surface area contributed by atoms with E-state index in [1.54, 1.807) is 18.2 Å². The van der Waals surface area contributed by atoms with Gasteiger partial charge >= 0.3 is 5.97 Å². The third-order valence-corrected chi connectivity index (χ3v) is 3.49. The second-order valence-corrected chi connectivity index (χ2v) is 5.21. The molecule has 0 heterocycles. The van der Waals surface area contributed by atoms with Crippen LogP contribution in [0, 0.1) is 5.92 Å². The topological polar surface area (TPSA) is 49.3 Å². The van der Waals surface area contributed by atoms with Gasteiger partial charge in [-0.1, -0.05) is 11.6 Å². The number of halogens is 2. The molecule has 2 rings (SSSR count). The van der Waals surface area contributed by atoms with Crippen molar-refractivity contribution in [3.8, 4) is 0 Å². The number of aliphatic carboxylic acids is 1. The number of nitrogens with one attached hydrogen (secondary N) is 1. The van der Waals surface area contributed by atoms with Crippen molar-refractivity contribution < 1.29 is 9.90 Å². The molecule has 16 heavy (non-hydrogen) atoms. The standard InChI is InChI=1S/C11H11BrClNO2/c12-8-5-7(13)3-4-9(8)14-10(11(15)16)6-1-2-6/h3-6,10,14H,1-2H2,(H,15,16). The second kappa shape index (κ2) is 4.63. The average molecular weight is 305 g/mol. The van der Waals surface area contributed by atoms with Crippen LogP contribution in [0.5, 0.6) is 0 Å². The van der Waals surface area contributed by atoms with E-state index in [-0.39, 0.29) is 5.92 Å². The summed E-state index contributed by atoms with van der Waals surface area (Å²) in [6, 6.07) is 4.76. The van der Waals surface area contributed by atoms with Gasteiger partial charge < -0.3 is 10.4 Å². The van der Waals surface area contributed by atoms with Crippen molar-refractivity contribution in [3.05, 3.63) is 27.7 Å². The van der Waals surface area contributed by atoms with Crippen LogP contribution in [0.2, 0.25) is 5.02 Å². The molecule has 0 radical (unpaired) electrons. The number of hydrogen-bond acceptors (Lipinski definition) is 2. The van der Waals surface area contributed by atoms with E-state index < -0.39 is 12.0 Å². The molecule has 0 aliphatic heterocycles. The van der Waals surface area contributed by atoms with Gasteiger partial charge in [-0.05, 0) is 52.9 Å². The Morgan fingerprint density at radius 3 is 2.75 bits per heavy atom. The molecule has 3 nitrogen and oxygen atoms in total. The fourth-order valence-corrected chi connectivity index (χ4v) is 2.38. The van der Waals surface area contributed by atoms with E-state index in [9.17, 15) is 4.79 Å². The van der Waals surface area contributed by atoms with Crippen molar-refractivity contribution >= 4 is 39.2 Å². The van der Waals surface area contributed by atoms with Gasteiger partial charge in [-0.25, -0.2) is 4.79 Å². The average Bonchev–Trinajstić information content (AvgIpc) is 2.99. The monoisotopic (exact) mass is 303 g/mol. The Morgan fingerprint density at radius 2 is 2.25 bits per heavy atom. The first kappa shape index (κ1) is 11.7. The van der Waals surface area contributed by atoms with E-state index in [1.165, 1.54) is 0 Å². The summed E-state index contributed by atoms with van der Waals surface area (Å²) >= 11 is 9.17. The molecule has 0 amide bonds. The molecule has 1 aliphatic carbocycles. The fraction of sp³-hybridized carbons (Fsp3) is 0.364. The molecule has 0 aromatic heterocycles. The molecule has 1 aromatic rings. The van der Waals surface area contributed by atoms with Gasteiger partial charge in [0.2, 0.25) is 0 Å². The molecule has 1 aliphatic rings. The quantitative estimate of drug-likeness (QED) is 0.896. The van der Waals surface area contributed by atoms with E-state index in [2.05, 4.69) is 21.2 Å². The highest BCUT2D eigenvalue weighted by molar-refractivity contribution is 9.10. The lowest BCUT2D eigenvalue weighted by atomic mass is 10.1. The van der Waals surface area contributed by atoms with Crippen LogP contribution < -0.4 is 5.32 Å². The minimum Gasteiger partial charge on any atom is -0.480 e. The Kier molecular flexibility index (Phi) is 3.40. The molecular formula is C11H11BrClNO2. The van der Waals surface area contributed by atoms with E-state index in [1.807, 2.05) is 0 Å². The maximum Gasteiger partial charge on any atom is 0.326 e. The van der Waals surface area contributed by atoms with Crippen molar-refractivity contribution in [1.82, 2.24) is 0 Å². The molecule has 86 valence electrons. The molecule has 0 bridgehead atoms. The molecule has 1 aromatic carbocycles. The predicted molar refractivity (Wildman–Crippen MR) is 66.9 cm³/mol. The van der Waals surface area contributed by atoms with Gasteiger partial charge in [0.1, 0.15) is 6.04 Å². The van der Waals surface area contributed by atoms with E-state index in [0.717, 1.165) is 23.0 Å². The van der Waals surface area contributed by atoms with Crippen LogP contribution in [0.3, 0.4) is 0 Å².